The topological polar surface area (TPSA) is 99.7 Å². The standard InChI is InChI=1S/C22H29N3O4/c1-22(2,3)25-21(28)24-17(15-26)11-14-20(27)23-16-9-12-19(13-10-16)29-18-7-5-4-6-8-18/h4-10,12-13,17,26H,11,14-15H2,1-3H3,(H,23,27)(H2,24,25,28)/t17-/m0/s1. The first-order valence-corrected chi connectivity index (χ1v) is 9.57. The van der Waals surface area contributed by atoms with E-state index < -0.39 is 6.04 Å². The molecule has 0 unspecified atom stereocenters. The molecule has 0 aliphatic carbocycles. The summed E-state index contributed by atoms with van der Waals surface area (Å²) in [4.78, 5) is 24.1. The lowest BCUT2D eigenvalue weighted by Gasteiger charge is -2.23. The fourth-order valence-electron chi connectivity index (χ4n) is 2.53. The molecule has 0 bridgehead atoms. The quantitative estimate of drug-likeness (QED) is 0.544. The van der Waals surface area contributed by atoms with E-state index in [4.69, 9.17) is 4.74 Å². The molecule has 0 aliphatic rings. The summed E-state index contributed by atoms with van der Waals surface area (Å²) in [5.41, 5.74) is 0.270. The smallest absolute Gasteiger partial charge is 0.315 e. The van der Waals surface area contributed by atoms with E-state index in [0.717, 1.165) is 5.75 Å². The van der Waals surface area contributed by atoms with Crippen LogP contribution >= 0.6 is 0 Å². The van der Waals surface area contributed by atoms with Crippen molar-refractivity contribution in [2.24, 2.45) is 0 Å². The third-order valence-corrected chi connectivity index (χ3v) is 3.88. The normalized spacial score (nSPS) is 12.0. The molecule has 0 radical (unpaired) electrons. The number of anilines is 1. The Morgan fingerprint density at radius 2 is 1.62 bits per heavy atom. The third-order valence-electron chi connectivity index (χ3n) is 3.88. The van der Waals surface area contributed by atoms with Gasteiger partial charge in [0.25, 0.3) is 0 Å². The average molecular weight is 399 g/mol. The van der Waals surface area contributed by atoms with Gasteiger partial charge >= 0.3 is 6.03 Å². The van der Waals surface area contributed by atoms with Crippen molar-refractivity contribution in [1.82, 2.24) is 10.6 Å². The SMILES string of the molecule is CC(C)(C)NC(=O)N[C@H](CO)CCC(=O)Nc1ccc(Oc2ccccc2)cc1. The lowest BCUT2D eigenvalue weighted by molar-refractivity contribution is -0.116. The zero-order valence-corrected chi connectivity index (χ0v) is 17.1. The summed E-state index contributed by atoms with van der Waals surface area (Å²) in [6.45, 7) is 5.36. The van der Waals surface area contributed by atoms with Crippen LogP contribution in [0.3, 0.4) is 0 Å². The van der Waals surface area contributed by atoms with Crippen molar-refractivity contribution in [2.45, 2.75) is 45.2 Å². The first-order chi connectivity index (χ1) is 13.7. The van der Waals surface area contributed by atoms with Crippen LogP contribution in [0.1, 0.15) is 33.6 Å². The summed E-state index contributed by atoms with van der Waals surface area (Å²) >= 11 is 0. The Kier molecular flexibility index (Phi) is 8.03. The lowest BCUT2D eigenvalue weighted by atomic mass is 10.1. The van der Waals surface area contributed by atoms with Gasteiger partial charge in [-0.05, 0) is 63.6 Å². The van der Waals surface area contributed by atoms with Gasteiger partial charge in [-0.3, -0.25) is 4.79 Å². The van der Waals surface area contributed by atoms with Gasteiger partial charge in [-0.15, -0.1) is 0 Å². The molecule has 2 aromatic rings. The second-order valence-corrected chi connectivity index (χ2v) is 7.75. The van der Waals surface area contributed by atoms with Crippen LogP contribution in [0.15, 0.2) is 54.6 Å². The van der Waals surface area contributed by atoms with Gasteiger partial charge in [-0.2, -0.15) is 0 Å². The van der Waals surface area contributed by atoms with Crippen LogP contribution < -0.4 is 20.7 Å². The van der Waals surface area contributed by atoms with Gasteiger partial charge in [0.1, 0.15) is 11.5 Å². The maximum Gasteiger partial charge on any atom is 0.315 e. The molecule has 1 atom stereocenters. The van der Waals surface area contributed by atoms with Crippen LogP contribution in [0.4, 0.5) is 10.5 Å². The van der Waals surface area contributed by atoms with Gasteiger partial charge in [-0.25, -0.2) is 4.79 Å². The number of hydrogen-bond acceptors (Lipinski definition) is 4. The minimum atomic E-state index is -0.496. The van der Waals surface area contributed by atoms with Crippen molar-refractivity contribution in [3.8, 4) is 11.5 Å². The van der Waals surface area contributed by atoms with E-state index in [2.05, 4.69) is 16.0 Å². The molecule has 2 aromatic carbocycles. The molecule has 0 aromatic heterocycles. The van der Waals surface area contributed by atoms with E-state index in [1.54, 1.807) is 24.3 Å². The highest BCUT2D eigenvalue weighted by atomic mass is 16.5. The predicted octanol–water partition coefficient (Wildman–Crippen LogP) is 3.66. The molecule has 156 valence electrons. The molecule has 0 saturated carbocycles. The highest BCUT2D eigenvalue weighted by molar-refractivity contribution is 5.90. The van der Waals surface area contributed by atoms with E-state index in [9.17, 15) is 14.7 Å². The predicted molar refractivity (Wildman–Crippen MR) is 113 cm³/mol. The number of urea groups is 1. The van der Waals surface area contributed by atoms with Gasteiger partial charge in [0.15, 0.2) is 0 Å². The third kappa shape index (κ3) is 8.66. The number of rotatable bonds is 8. The number of hydrogen-bond donors (Lipinski definition) is 4. The van der Waals surface area contributed by atoms with Gasteiger partial charge in [0.05, 0.1) is 12.6 Å². The maximum absolute atomic E-state index is 12.2. The van der Waals surface area contributed by atoms with Crippen molar-refractivity contribution in [3.63, 3.8) is 0 Å². The van der Waals surface area contributed by atoms with Crippen LogP contribution in [0, 0.1) is 0 Å². The van der Waals surface area contributed by atoms with Gasteiger partial charge in [0, 0.05) is 17.6 Å². The molecule has 7 nitrogen and oxygen atoms in total. The number of benzene rings is 2. The Hall–Kier alpha value is -3.06. The first kappa shape index (κ1) is 22.2. The Balaban J connectivity index is 1.78. The molecule has 3 amide bonds. The molecular formula is C22H29N3O4. The van der Waals surface area contributed by atoms with Crippen LogP contribution in [0.5, 0.6) is 11.5 Å². The van der Waals surface area contributed by atoms with E-state index in [0.29, 0.717) is 17.9 Å². The second-order valence-electron chi connectivity index (χ2n) is 7.75. The first-order valence-electron chi connectivity index (χ1n) is 9.57. The zero-order chi connectivity index (χ0) is 21.3. The number of nitrogens with one attached hydrogen (secondary N) is 3. The van der Waals surface area contributed by atoms with Crippen LogP contribution in [0.2, 0.25) is 0 Å². The Morgan fingerprint density at radius 1 is 1.00 bits per heavy atom. The highest BCUT2D eigenvalue weighted by Gasteiger charge is 2.17. The summed E-state index contributed by atoms with van der Waals surface area (Å²) in [7, 11) is 0. The van der Waals surface area contributed by atoms with E-state index >= 15 is 0 Å². The molecule has 0 spiro atoms. The van der Waals surface area contributed by atoms with Crippen molar-refractivity contribution >= 4 is 17.6 Å². The van der Waals surface area contributed by atoms with Gasteiger partial charge in [-0.1, -0.05) is 18.2 Å². The van der Waals surface area contributed by atoms with Gasteiger partial charge < -0.3 is 25.8 Å². The van der Waals surface area contributed by atoms with Crippen molar-refractivity contribution in [1.29, 1.82) is 0 Å². The van der Waals surface area contributed by atoms with Crippen molar-refractivity contribution in [3.05, 3.63) is 54.6 Å². The number of amides is 3. The molecule has 0 aliphatic heterocycles. The van der Waals surface area contributed by atoms with Crippen molar-refractivity contribution < 1.29 is 19.4 Å². The Bertz CT molecular complexity index is 786. The fourth-order valence-corrected chi connectivity index (χ4v) is 2.53. The van der Waals surface area contributed by atoms with E-state index in [1.165, 1.54) is 0 Å². The molecule has 2 rings (SSSR count). The number of aliphatic hydroxyl groups excluding tert-OH is 1. The second kappa shape index (κ2) is 10.5. The van der Waals surface area contributed by atoms with Gasteiger partial charge in [0.2, 0.25) is 5.91 Å². The number of ether oxygens (including phenoxy) is 1. The number of para-hydroxylation sites is 1. The van der Waals surface area contributed by atoms with Crippen LogP contribution in [0.25, 0.3) is 0 Å². The fraction of sp³-hybridized carbons (Fsp3) is 0.364. The summed E-state index contributed by atoms with van der Waals surface area (Å²) < 4.78 is 5.72. The summed E-state index contributed by atoms with van der Waals surface area (Å²) in [5, 5.41) is 17.7. The Morgan fingerprint density at radius 3 is 2.21 bits per heavy atom. The molecule has 0 fully saturated rings. The molecule has 0 heterocycles. The summed E-state index contributed by atoms with van der Waals surface area (Å²) in [6.07, 6.45) is 0.498. The van der Waals surface area contributed by atoms with Crippen LogP contribution in [-0.4, -0.2) is 35.2 Å². The monoisotopic (exact) mass is 399 g/mol. The Labute approximate surface area is 171 Å². The highest BCUT2D eigenvalue weighted by Crippen LogP contribution is 2.22. The maximum atomic E-state index is 12.2. The minimum absolute atomic E-state index is 0.170. The number of carbonyl (C=O) groups excluding carboxylic acids is 2. The molecule has 4 N–H and O–H groups in total. The number of aliphatic hydroxyl groups is 1. The summed E-state index contributed by atoms with van der Waals surface area (Å²) in [5.74, 6) is 1.21. The molecule has 0 saturated heterocycles. The zero-order valence-electron chi connectivity index (χ0n) is 17.1. The lowest BCUT2D eigenvalue weighted by Crippen LogP contribution is -2.50. The van der Waals surface area contributed by atoms with Crippen LogP contribution in [-0.2, 0) is 4.79 Å². The van der Waals surface area contributed by atoms with E-state index in [1.807, 2.05) is 51.1 Å². The van der Waals surface area contributed by atoms with E-state index in [-0.39, 0.29) is 30.5 Å². The number of carbonyl (C=O) groups is 2. The molecule has 7 heteroatoms. The largest absolute Gasteiger partial charge is 0.457 e. The molecule has 29 heavy (non-hydrogen) atoms. The minimum Gasteiger partial charge on any atom is -0.457 e. The summed E-state index contributed by atoms with van der Waals surface area (Å²) in [6, 6.07) is 15.6. The average Bonchev–Trinajstić information content (AvgIpc) is 2.66. The molecular weight excluding hydrogens is 370 g/mol. The van der Waals surface area contributed by atoms with Crippen molar-refractivity contribution in [2.75, 3.05) is 11.9 Å².